The number of methoxy groups -OCH3 is 1. The van der Waals surface area contributed by atoms with E-state index >= 15 is 0 Å². The normalized spacial score (nSPS) is 10.3. The highest BCUT2D eigenvalue weighted by molar-refractivity contribution is 7.09. The minimum absolute atomic E-state index is 0.0680. The van der Waals surface area contributed by atoms with E-state index in [-0.39, 0.29) is 10.6 Å². The Bertz CT molecular complexity index is 607. The number of aromatic nitrogens is 1. The molecule has 6 heteroatoms. The number of anilines is 1. The molecular weight excluding hydrogens is 252 g/mol. The first-order valence-electron chi connectivity index (χ1n) is 5.18. The van der Waals surface area contributed by atoms with Gasteiger partial charge in [0.05, 0.1) is 12.8 Å². The van der Waals surface area contributed by atoms with Gasteiger partial charge in [-0.25, -0.2) is 4.79 Å². The van der Waals surface area contributed by atoms with Crippen molar-refractivity contribution in [1.29, 1.82) is 0 Å². The molecule has 0 amide bonds. The SMILES string of the molecule is COc1ccc(-c2nsc(C(=O)O)c2N)cc1C. The molecule has 2 aromatic rings. The van der Waals surface area contributed by atoms with Crippen LogP contribution in [-0.4, -0.2) is 22.6 Å². The predicted octanol–water partition coefficient (Wildman–Crippen LogP) is 2.41. The van der Waals surface area contributed by atoms with Gasteiger partial charge in [0.15, 0.2) is 4.88 Å². The Hall–Kier alpha value is -2.08. The number of carbonyl (C=O) groups is 1. The van der Waals surface area contributed by atoms with Gasteiger partial charge in [-0.05, 0) is 42.2 Å². The van der Waals surface area contributed by atoms with Crippen molar-refractivity contribution in [2.75, 3.05) is 12.8 Å². The molecule has 0 bridgehead atoms. The Morgan fingerprint density at radius 3 is 2.72 bits per heavy atom. The number of rotatable bonds is 3. The minimum atomic E-state index is -1.05. The van der Waals surface area contributed by atoms with E-state index in [4.69, 9.17) is 15.6 Å². The number of aryl methyl sites for hydroxylation is 1. The molecule has 0 unspecified atom stereocenters. The predicted molar refractivity (Wildman–Crippen MR) is 70.2 cm³/mol. The first-order valence-corrected chi connectivity index (χ1v) is 5.95. The molecule has 0 aliphatic rings. The molecule has 0 spiro atoms. The summed E-state index contributed by atoms with van der Waals surface area (Å²) in [6.45, 7) is 1.91. The van der Waals surface area contributed by atoms with Gasteiger partial charge in [0.25, 0.3) is 0 Å². The second-order valence-corrected chi connectivity index (χ2v) is 4.54. The Balaban J connectivity index is 2.49. The van der Waals surface area contributed by atoms with E-state index in [1.54, 1.807) is 7.11 Å². The second-order valence-electron chi connectivity index (χ2n) is 3.76. The lowest BCUT2D eigenvalue weighted by Crippen LogP contribution is -1.98. The lowest BCUT2D eigenvalue weighted by Gasteiger charge is -2.06. The summed E-state index contributed by atoms with van der Waals surface area (Å²) in [4.78, 5) is 11.0. The van der Waals surface area contributed by atoms with E-state index < -0.39 is 5.97 Å². The van der Waals surface area contributed by atoms with Crippen molar-refractivity contribution in [3.8, 4) is 17.0 Å². The maximum atomic E-state index is 10.9. The maximum Gasteiger partial charge on any atom is 0.349 e. The quantitative estimate of drug-likeness (QED) is 0.889. The number of benzene rings is 1. The summed E-state index contributed by atoms with van der Waals surface area (Å²) in [5.74, 6) is -0.285. The number of aromatic carboxylic acids is 1. The van der Waals surface area contributed by atoms with Crippen LogP contribution < -0.4 is 10.5 Å². The van der Waals surface area contributed by atoms with Crippen molar-refractivity contribution < 1.29 is 14.6 Å². The molecule has 94 valence electrons. The molecule has 0 atom stereocenters. The monoisotopic (exact) mass is 264 g/mol. The van der Waals surface area contributed by atoms with Crippen LogP contribution in [-0.2, 0) is 0 Å². The van der Waals surface area contributed by atoms with Crippen molar-refractivity contribution >= 4 is 23.2 Å². The van der Waals surface area contributed by atoms with E-state index in [9.17, 15) is 4.79 Å². The van der Waals surface area contributed by atoms with Crippen LogP contribution in [0, 0.1) is 6.92 Å². The average Bonchev–Trinajstić information content (AvgIpc) is 2.71. The van der Waals surface area contributed by atoms with Gasteiger partial charge in [-0.15, -0.1) is 0 Å². The summed E-state index contributed by atoms with van der Waals surface area (Å²) < 4.78 is 9.27. The van der Waals surface area contributed by atoms with Gasteiger partial charge in [-0.1, -0.05) is 0 Å². The van der Waals surface area contributed by atoms with E-state index in [2.05, 4.69) is 4.37 Å². The highest BCUT2D eigenvalue weighted by atomic mass is 32.1. The molecule has 0 fully saturated rings. The fourth-order valence-corrected chi connectivity index (χ4v) is 2.34. The summed E-state index contributed by atoms with van der Waals surface area (Å²) in [5.41, 5.74) is 8.23. The molecule has 1 aromatic heterocycles. The number of carboxylic acid groups (broad SMARTS) is 1. The first-order chi connectivity index (χ1) is 8.54. The molecule has 3 N–H and O–H groups in total. The van der Waals surface area contributed by atoms with Crippen LogP contribution in [0.1, 0.15) is 15.2 Å². The van der Waals surface area contributed by atoms with Crippen molar-refractivity contribution in [3.05, 3.63) is 28.6 Å². The van der Waals surface area contributed by atoms with E-state index in [1.165, 1.54) is 0 Å². The molecule has 18 heavy (non-hydrogen) atoms. The smallest absolute Gasteiger partial charge is 0.349 e. The first kappa shape index (κ1) is 12.4. The molecule has 0 aliphatic carbocycles. The fourth-order valence-electron chi connectivity index (χ4n) is 1.69. The maximum absolute atomic E-state index is 10.9. The second kappa shape index (κ2) is 4.66. The van der Waals surface area contributed by atoms with Gasteiger partial charge in [0.1, 0.15) is 11.4 Å². The summed E-state index contributed by atoms with van der Waals surface area (Å²) in [5, 5.41) is 8.93. The van der Waals surface area contributed by atoms with Crippen molar-refractivity contribution in [2.45, 2.75) is 6.92 Å². The van der Waals surface area contributed by atoms with E-state index in [1.807, 2.05) is 25.1 Å². The summed E-state index contributed by atoms with van der Waals surface area (Å²) in [6, 6.07) is 5.49. The third kappa shape index (κ3) is 2.02. The molecule has 1 heterocycles. The van der Waals surface area contributed by atoms with Crippen molar-refractivity contribution in [2.24, 2.45) is 0 Å². The Morgan fingerprint density at radius 1 is 1.50 bits per heavy atom. The lowest BCUT2D eigenvalue weighted by molar-refractivity contribution is 0.0703. The zero-order chi connectivity index (χ0) is 13.3. The van der Waals surface area contributed by atoms with Crippen LogP contribution in [0.4, 0.5) is 5.69 Å². The number of ether oxygens (including phenoxy) is 1. The van der Waals surface area contributed by atoms with Crippen molar-refractivity contribution in [1.82, 2.24) is 4.37 Å². The summed E-state index contributed by atoms with van der Waals surface area (Å²) in [6.07, 6.45) is 0. The van der Waals surface area contributed by atoms with Crippen molar-refractivity contribution in [3.63, 3.8) is 0 Å². The number of nitrogens with two attached hydrogens (primary N) is 1. The van der Waals surface area contributed by atoms with Gasteiger partial charge in [-0.3, -0.25) is 0 Å². The standard InChI is InChI=1S/C12H12N2O3S/c1-6-5-7(3-4-8(6)17-2)10-9(13)11(12(15)16)18-14-10/h3-5H,13H2,1-2H3,(H,15,16). The summed E-state index contributed by atoms with van der Waals surface area (Å²) in [7, 11) is 1.60. The summed E-state index contributed by atoms with van der Waals surface area (Å²) >= 11 is 0.889. The number of hydrogen-bond acceptors (Lipinski definition) is 5. The third-order valence-electron chi connectivity index (χ3n) is 2.59. The van der Waals surface area contributed by atoms with Crippen LogP contribution in [0.15, 0.2) is 18.2 Å². The number of carboxylic acids is 1. The number of hydrogen-bond donors (Lipinski definition) is 2. The van der Waals surface area contributed by atoms with Gasteiger partial charge < -0.3 is 15.6 Å². The highest BCUT2D eigenvalue weighted by Gasteiger charge is 2.18. The van der Waals surface area contributed by atoms with Crippen LogP contribution in [0.5, 0.6) is 5.75 Å². The number of nitrogens with zero attached hydrogens (tertiary/aromatic N) is 1. The zero-order valence-corrected chi connectivity index (χ0v) is 10.7. The topological polar surface area (TPSA) is 85.4 Å². The lowest BCUT2D eigenvalue weighted by atomic mass is 10.1. The van der Waals surface area contributed by atoms with Crippen LogP contribution in [0.2, 0.25) is 0 Å². The minimum Gasteiger partial charge on any atom is -0.496 e. The zero-order valence-electron chi connectivity index (χ0n) is 9.93. The fraction of sp³-hybridized carbons (Fsp3) is 0.167. The van der Waals surface area contributed by atoms with Crippen LogP contribution in [0.25, 0.3) is 11.3 Å². The molecule has 0 saturated carbocycles. The molecular formula is C12H12N2O3S. The van der Waals surface area contributed by atoms with E-state index in [0.717, 1.165) is 28.4 Å². The largest absolute Gasteiger partial charge is 0.496 e. The molecule has 0 radical (unpaired) electrons. The van der Waals surface area contributed by atoms with E-state index in [0.29, 0.717) is 5.69 Å². The van der Waals surface area contributed by atoms with Crippen LogP contribution in [0.3, 0.4) is 0 Å². The molecule has 5 nitrogen and oxygen atoms in total. The molecule has 0 aliphatic heterocycles. The third-order valence-corrected chi connectivity index (χ3v) is 3.44. The number of nitrogen functional groups attached to an aromatic ring is 1. The molecule has 1 aromatic carbocycles. The van der Waals surface area contributed by atoms with Gasteiger partial charge in [0, 0.05) is 5.56 Å². The van der Waals surface area contributed by atoms with Gasteiger partial charge in [-0.2, -0.15) is 4.37 Å². The average molecular weight is 264 g/mol. The molecule has 0 saturated heterocycles. The Kier molecular flexibility index (Phi) is 3.20. The van der Waals surface area contributed by atoms with Gasteiger partial charge >= 0.3 is 5.97 Å². The highest BCUT2D eigenvalue weighted by Crippen LogP contribution is 2.33. The van der Waals surface area contributed by atoms with Crippen LogP contribution >= 0.6 is 11.5 Å². The van der Waals surface area contributed by atoms with Gasteiger partial charge in [0.2, 0.25) is 0 Å². The Morgan fingerprint density at radius 2 is 2.22 bits per heavy atom. The Labute approximate surface area is 108 Å². The molecule has 2 rings (SSSR count).